The summed E-state index contributed by atoms with van der Waals surface area (Å²) >= 11 is 5.67. The van der Waals surface area contributed by atoms with Gasteiger partial charge in [0.05, 0.1) is 12.1 Å². The molecule has 0 fully saturated rings. The van der Waals surface area contributed by atoms with Crippen LogP contribution in [0.2, 0.25) is 5.02 Å². The van der Waals surface area contributed by atoms with E-state index in [0.29, 0.717) is 10.8 Å². The standard InChI is InChI=1S/C12H9ClN2O4/c1-18-10-6-19-9(4-8(10)16)12(17)15-11-3-2-7(13)5-14-11/h2-6H,1H3,(H,14,15,17). The van der Waals surface area contributed by atoms with Gasteiger partial charge in [0.1, 0.15) is 12.1 Å². The highest BCUT2D eigenvalue weighted by Crippen LogP contribution is 2.11. The molecule has 0 bridgehead atoms. The topological polar surface area (TPSA) is 81.4 Å². The quantitative estimate of drug-likeness (QED) is 0.929. The molecule has 1 amide bonds. The summed E-state index contributed by atoms with van der Waals surface area (Å²) in [5.74, 6) is -0.397. The van der Waals surface area contributed by atoms with Crippen molar-refractivity contribution in [3.8, 4) is 5.75 Å². The van der Waals surface area contributed by atoms with E-state index in [2.05, 4.69) is 10.3 Å². The minimum Gasteiger partial charge on any atom is -0.490 e. The molecule has 1 N–H and O–H groups in total. The molecule has 2 rings (SSSR count). The Morgan fingerprint density at radius 2 is 2.26 bits per heavy atom. The van der Waals surface area contributed by atoms with E-state index in [-0.39, 0.29) is 11.5 Å². The van der Waals surface area contributed by atoms with E-state index in [1.165, 1.54) is 19.4 Å². The maximum Gasteiger partial charge on any atom is 0.292 e. The highest BCUT2D eigenvalue weighted by atomic mass is 35.5. The van der Waals surface area contributed by atoms with E-state index in [0.717, 1.165) is 12.3 Å². The first-order valence-corrected chi connectivity index (χ1v) is 5.57. The maximum absolute atomic E-state index is 11.8. The van der Waals surface area contributed by atoms with Crippen molar-refractivity contribution in [2.45, 2.75) is 0 Å². The lowest BCUT2D eigenvalue weighted by atomic mass is 10.3. The summed E-state index contributed by atoms with van der Waals surface area (Å²) in [6.45, 7) is 0. The number of carbonyl (C=O) groups is 1. The van der Waals surface area contributed by atoms with Crippen LogP contribution in [-0.2, 0) is 0 Å². The molecule has 0 aromatic carbocycles. The first-order chi connectivity index (χ1) is 9.10. The summed E-state index contributed by atoms with van der Waals surface area (Å²) in [5, 5.41) is 2.92. The molecule has 2 aromatic rings. The predicted molar refractivity (Wildman–Crippen MR) is 68.7 cm³/mol. The molecule has 0 saturated heterocycles. The molecule has 0 aliphatic rings. The Balaban J connectivity index is 2.18. The van der Waals surface area contributed by atoms with E-state index in [1.54, 1.807) is 6.07 Å². The highest BCUT2D eigenvalue weighted by molar-refractivity contribution is 6.30. The lowest BCUT2D eigenvalue weighted by Crippen LogP contribution is -2.15. The third-order valence-corrected chi connectivity index (χ3v) is 2.43. The molecule has 19 heavy (non-hydrogen) atoms. The van der Waals surface area contributed by atoms with Crippen molar-refractivity contribution in [2.24, 2.45) is 0 Å². The van der Waals surface area contributed by atoms with Gasteiger partial charge in [-0.1, -0.05) is 11.6 Å². The van der Waals surface area contributed by atoms with Crippen molar-refractivity contribution in [3.05, 3.63) is 51.7 Å². The molecule has 0 radical (unpaired) electrons. The molecule has 0 aliphatic heterocycles. The average Bonchev–Trinajstić information content (AvgIpc) is 2.41. The van der Waals surface area contributed by atoms with Gasteiger partial charge in [-0.15, -0.1) is 0 Å². The van der Waals surface area contributed by atoms with Gasteiger partial charge in [0, 0.05) is 12.3 Å². The Morgan fingerprint density at radius 3 is 2.84 bits per heavy atom. The molecular weight excluding hydrogens is 272 g/mol. The predicted octanol–water partition coefficient (Wildman–Crippen LogP) is 1.95. The van der Waals surface area contributed by atoms with E-state index in [9.17, 15) is 9.59 Å². The lowest BCUT2D eigenvalue weighted by Gasteiger charge is -2.04. The van der Waals surface area contributed by atoms with Gasteiger partial charge in [-0.3, -0.25) is 9.59 Å². The lowest BCUT2D eigenvalue weighted by molar-refractivity contribution is 0.0993. The number of anilines is 1. The van der Waals surface area contributed by atoms with Crippen LogP contribution < -0.4 is 15.5 Å². The molecule has 7 heteroatoms. The van der Waals surface area contributed by atoms with Gasteiger partial charge < -0.3 is 14.5 Å². The largest absolute Gasteiger partial charge is 0.490 e. The van der Waals surface area contributed by atoms with Gasteiger partial charge >= 0.3 is 0 Å². The fourth-order valence-corrected chi connectivity index (χ4v) is 1.41. The van der Waals surface area contributed by atoms with Crippen molar-refractivity contribution >= 4 is 23.3 Å². The van der Waals surface area contributed by atoms with Crippen LogP contribution in [0, 0.1) is 0 Å². The Hall–Kier alpha value is -2.34. The van der Waals surface area contributed by atoms with Gasteiger partial charge in [-0.2, -0.15) is 0 Å². The zero-order chi connectivity index (χ0) is 13.8. The van der Waals surface area contributed by atoms with Crippen LogP contribution in [0.1, 0.15) is 10.6 Å². The zero-order valence-electron chi connectivity index (χ0n) is 9.84. The fourth-order valence-electron chi connectivity index (χ4n) is 1.29. The monoisotopic (exact) mass is 280 g/mol. The first-order valence-electron chi connectivity index (χ1n) is 5.20. The van der Waals surface area contributed by atoms with Crippen molar-refractivity contribution in [1.29, 1.82) is 0 Å². The van der Waals surface area contributed by atoms with Gasteiger partial charge in [-0.05, 0) is 12.1 Å². The van der Waals surface area contributed by atoms with Crippen LogP contribution in [0.25, 0.3) is 0 Å². The number of pyridine rings is 1. The number of aromatic nitrogens is 1. The smallest absolute Gasteiger partial charge is 0.292 e. The van der Waals surface area contributed by atoms with E-state index < -0.39 is 11.3 Å². The van der Waals surface area contributed by atoms with Gasteiger partial charge in [-0.25, -0.2) is 4.98 Å². The number of rotatable bonds is 3. The van der Waals surface area contributed by atoms with Crippen LogP contribution in [-0.4, -0.2) is 18.0 Å². The molecule has 98 valence electrons. The molecule has 0 spiro atoms. The van der Waals surface area contributed by atoms with Crippen LogP contribution in [0.15, 0.2) is 39.9 Å². The van der Waals surface area contributed by atoms with Crippen molar-refractivity contribution in [1.82, 2.24) is 4.98 Å². The fraction of sp³-hybridized carbons (Fsp3) is 0.0833. The number of carbonyl (C=O) groups excluding carboxylic acids is 1. The summed E-state index contributed by atoms with van der Waals surface area (Å²) in [4.78, 5) is 27.2. The number of nitrogens with one attached hydrogen (secondary N) is 1. The van der Waals surface area contributed by atoms with Crippen LogP contribution in [0.4, 0.5) is 5.82 Å². The highest BCUT2D eigenvalue weighted by Gasteiger charge is 2.12. The molecule has 0 saturated carbocycles. The third kappa shape index (κ3) is 3.11. The summed E-state index contributed by atoms with van der Waals surface area (Å²) in [6.07, 6.45) is 2.47. The number of hydrogen-bond donors (Lipinski definition) is 1. The number of hydrogen-bond acceptors (Lipinski definition) is 5. The summed E-state index contributed by atoms with van der Waals surface area (Å²) in [7, 11) is 1.34. The molecule has 0 aliphatic carbocycles. The molecule has 6 nitrogen and oxygen atoms in total. The normalized spacial score (nSPS) is 10.0. The molecule has 0 unspecified atom stereocenters. The summed E-state index contributed by atoms with van der Waals surface area (Å²) < 4.78 is 9.74. The Labute approximate surface area is 113 Å². The zero-order valence-corrected chi connectivity index (χ0v) is 10.6. The number of nitrogens with zero attached hydrogens (tertiary/aromatic N) is 1. The van der Waals surface area contributed by atoms with Crippen molar-refractivity contribution in [3.63, 3.8) is 0 Å². The maximum atomic E-state index is 11.8. The second-order valence-corrected chi connectivity index (χ2v) is 3.93. The Morgan fingerprint density at radius 1 is 1.47 bits per heavy atom. The number of methoxy groups -OCH3 is 1. The molecule has 2 heterocycles. The number of halogens is 1. The summed E-state index contributed by atoms with van der Waals surface area (Å²) in [6, 6.07) is 4.15. The van der Waals surface area contributed by atoms with E-state index in [1.807, 2.05) is 0 Å². The minimum absolute atomic E-state index is 0.0289. The Kier molecular flexibility index (Phi) is 3.82. The van der Waals surface area contributed by atoms with Crippen molar-refractivity contribution < 1.29 is 13.9 Å². The van der Waals surface area contributed by atoms with Crippen LogP contribution in [0.5, 0.6) is 5.75 Å². The Bertz CT molecular complexity index is 652. The minimum atomic E-state index is -0.588. The van der Waals surface area contributed by atoms with Gasteiger partial charge in [0.2, 0.25) is 11.2 Å². The first kappa shape index (κ1) is 13.1. The van der Waals surface area contributed by atoms with Gasteiger partial charge in [0.25, 0.3) is 5.91 Å². The van der Waals surface area contributed by atoms with Crippen LogP contribution >= 0.6 is 11.6 Å². The second-order valence-electron chi connectivity index (χ2n) is 3.49. The van der Waals surface area contributed by atoms with E-state index in [4.69, 9.17) is 20.8 Å². The molecule has 0 atom stereocenters. The molecular formula is C12H9ClN2O4. The number of ether oxygens (including phenoxy) is 1. The second kappa shape index (κ2) is 5.53. The molecule has 2 aromatic heterocycles. The van der Waals surface area contributed by atoms with Crippen molar-refractivity contribution in [2.75, 3.05) is 12.4 Å². The average molecular weight is 281 g/mol. The van der Waals surface area contributed by atoms with Crippen LogP contribution in [0.3, 0.4) is 0 Å². The third-order valence-electron chi connectivity index (χ3n) is 2.21. The summed E-state index contributed by atoms with van der Waals surface area (Å²) in [5.41, 5.74) is -0.442. The SMILES string of the molecule is COc1coc(C(=O)Nc2ccc(Cl)cn2)cc1=O. The van der Waals surface area contributed by atoms with E-state index >= 15 is 0 Å². The van der Waals surface area contributed by atoms with Gasteiger partial charge in [0.15, 0.2) is 5.76 Å². The number of amides is 1.